The lowest BCUT2D eigenvalue weighted by Gasteiger charge is -2.19. The Labute approximate surface area is 148 Å². The van der Waals surface area contributed by atoms with E-state index in [2.05, 4.69) is 5.32 Å². The second-order valence-electron chi connectivity index (χ2n) is 5.78. The van der Waals surface area contributed by atoms with Gasteiger partial charge in [-0.3, -0.25) is 9.59 Å². The first-order valence-electron chi connectivity index (χ1n) is 8.08. The molecule has 2 aromatic rings. The Morgan fingerprint density at radius 3 is 2.32 bits per heavy atom. The number of ether oxygens (including phenoxy) is 2. The molecule has 0 fully saturated rings. The van der Waals surface area contributed by atoms with E-state index in [1.54, 1.807) is 19.2 Å². The molecule has 25 heavy (non-hydrogen) atoms. The maximum absolute atomic E-state index is 12.5. The van der Waals surface area contributed by atoms with Crippen molar-refractivity contribution in [3.63, 3.8) is 0 Å². The molecule has 2 rings (SSSR count). The van der Waals surface area contributed by atoms with Crippen molar-refractivity contribution in [3.05, 3.63) is 65.2 Å². The third kappa shape index (κ3) is 5.35. The van der Waals surface area contributed by atoms with Gasteiger partial charge in [-0.15, -0.1) is 0 Å². The number of aryl methyl sites for hydroxylation is 1. The number of hydrogen-bond acceptors (Lipinski definition) is 4. The minimum absolute atomic E-state index is 0.0718. The smallest absolute Gasteiger partial charge is 0.307 e. The van der Waals surface area contributed by atoms with E-state index in [9.17, 15) is 9.59 Å². The van der Waals surface area contributed by atoms with Crippen molar-refractivity contribution < 1.29 is 19.1 Å². The van der Waals surface area contributed by atoms with Gasteiger partial charge < -0.3 is 14.8 Å². The molecule has 0 aromatic heterocycles. The van der Waals surface area contributed by atoms with Crippen LogP contribution in [0, 0.1) is 6.92 Å². The summed E-state index contributed by atoms with van der Waals surface area (Å²) in [5.41, 5.74) is 2.85. The van der Waals surface area contributed by atoms with Gasteiger partial charge in [-0.05, 0) is 35.7 Å². The van der Waals surface area contributed by atoms with Crippen molar-refractivity contribution in [1.29, 1.82) is 0 Å². The van der Waals surface area contributed by atoms with Gasteiger partial charge in [0.15, 0.2) is 0 Å². The molecule has 0 saturated carbocycles. The van der Waals surface area contributed by atoms with E-state index in [4.69, 9.17) is 9.47 Å². The summed E-state index contributed by atoms with van der Waals surface area (Å²) in [4.78, 5) is 24.2. The van der Waals surface area contributed by atoms with Crippen LogP contribution in [-0.4, -0.2) is 26.1 Å². The van der Waals surface area contributed by atoms with Crippen LogP contribution in [0.5, 0.6) is 5.75 Å². The van der Waals surface area contributed by atoms with Crippen LogP contribution in [0.1, 0.15) is 29.2 Å². The molecule has 0 aliphatic carbocycles. The highest BCUT2D eigenvalue weighted by atomic mass is 16.5. The average molecular weight is 341 g/mol. The Hall–Kier alpha value is -2.82. The van der Waals surface area contributed by atoms with E-state index < -0.39 is 6.04 Å². The van der Waals surface area contributed by atoms with Crippen LogP contribution in [0.2, 0.25) is 0 Å². The van der Waals surface area contributed by atoms with Crippen molar-refractivity contribution in [2.45, 2.75) is 25.8 Å². The van der Waals surface area contributed by atoms with Crippen molar-refractivity contribution in [2.24, 2.45) is 0 Å². The summed E-state index contributed by atoms with van der Waals surface area (Å²) in [5.74, 6) is 0.197. The van der Waals surface area contributed by atoms with Crippen molar-refractivity contribution in [2.75, 3.05) is 14.2 Å². The summed E-state index contributed by atoms with van der Waals surface area (Å²) in [7, 11) is 2.92. The summed E-state index contributed by atoms with van der Waals surface area (Å²) in [6.45, 7) is 1.97. The number of carbonyl (C=O) groups is 2. The van der Waals surface area contributed by atoms with E-state index in [0.29, 0.717) is 5.75 Å². The Morgan fingerprint density at radius 2 is 1.72 bits per heavy atom. The number of carbonyl (C=O) groups excluding carboxylic acids is 2. The van der Waals surface area contributed by atoms with Crippen LogP contribution in [-0.2, 0) is 20.7 Å². The molecule has 5 nitrogen and oxygen atoms in total. The minimum Gasteiger partial charge on any atom is -0.497 e. The monoisotopic (exact) mass is 341 g/mol. The van der Waals surface area contributed by atoms with Gasteiger partial charge in [0.25, 0.3) is 0 Å². The van der Waals surface area contributed by atoms with Crippen LogP contribution >= 0.6 is 0 Å². The fourth-order valence-electron chi connectivity index (χ4n) is 2.57. The number of nitrogens with one attached hydrogen (secondary N) is 1. The second kappa shape index (κ2) is 8.87. The van der Waals surface area contributed by atoms with E-state index >= 15 is 0 Å². The maximum atomic E-state index is 12.5. The fraction of sp³-hybridized carbons (Fsp3) is 0.300. The lowest BCUT2D eigenvalue weighted by Crippen LogP contribution is -2.31. The largest absolute Gasteiger partial charge is 0.497 e. The molecule has 0 heterocycles. The molecule has 132 valence electrons. The molecule has 0 aliphatic heterocycles. The lowest BCUT2D eigenvalue weighted by molar-refractivity contribution is -0.141. The molecule has 5 heteroatoms. The number of esters is 1. The third-order valence-corrected chi connectivity index (χ3v) is 4.06. The first-order valence-corrected chi connectivity index (χ1v) is 8.08. The van der Waals surface area contributed by atoms with E-state index in [0.717, 1.165) is 16.7 Å². The quantitative estimate of drug-likeness (QED) is 0.787. The Morgan fingerprint density at radius 1 is 1.04 bits per heavy atom. The fourth-order valence-corrected chi connectivity index (χ4v) is 2.57. The van der Waals surface area contributed by atoms with E-state index in [1.807, 2.05) is 43.3 Å². The first-order chi connectivity index (χ1) is 12.0. The average Bonchev–Trinajstić information content (AvgIpc) is 2.63. The second-order valence-corrected chi connectivity index (χ2v) is 5.78. The van der Waals surface area contributed by atoms with Gasteiger partial charge in [-0.25, -0.2) is 0 Å². The molecule has 0 bridgehead atoms. The predicted octanol–water partition coefficient (Wildman–Crippen LogP) is 2.97. The summed E-state index contributed by atoms with van der Waals surface area (Å²) in [5, 5.41) is 2.93. The van der Waals surface area contributed by atoms with Crippen LogP contribution in [0.25, 0.3) is 0 Å². The number of amides is 1. The lowest BCUT2D eigenvalue weighted by atomic mass is 10.0. The highest BCUT2D eigenvalue weighted by Crippen LogP contribution is 2.21. The highest BCUT2D eigenvalue weighted by Gasteiger charge is 2.19. The third-order valence-electron chi connectivity index (χ3n) is 4.06. The Bertz CT molecular complexity index is 725. The molecule has 1 unspecified atom stereocenters. The standard InChI is InChI=1S/C20H23NO4/c1-14-6-4-5-7-16(14)12-19(22)21-18(13-20(23)25-3)15-8-10-17(24-2)11-9-15/h4-11,18H,12-13H2,1-3H3,(H,21,22). The minimum atomic E-state index is -0.449. The van der Waals surface area contributed by atoms with Crippen molar-refractivity contribution >= 4 is 11.9 Å². The van der Waals surface area contributed by atoms with Gasteiger partial charge in [0.2, 0.25) is 5.91 Å². The number of rotatable bonds is 7. The van der Waals surface area contributed by atoms with Crippen LogP contribution in [0.15, 0.2) is 48.5 Å². The summed E-state index contributed by atoms with van der Waals surface area (Å²) >= 11 is 0. The van der Waals surface area contributed by atoms with Crippen LogP contribution < -0.4 is 10.1 Å². The summed E-state index contributed by atoms with van der Waals surface area (Å²) < 4.78 is 9.90. The molecular weight excluding hydrogens is 318 g/mol. The van der Waals surface area contributed by atoms with Crippen LogP contribution in [0.3, 0.4) is 0 Å². The number of hydrogen-bond donors (Lipinski definition) is 1. The van der Waals surface area contributed by atoms with Gasteiger partial charge in [0.05, 0.1) is 33.1 Å². The number of methoxy groups -OCH3 is 2. The van der Waals surface area contributed by atoms with E-state index in [-0.39, 0.29) is 24.7 Å². The number of benzene rings is 2. The van der Waals surface area contributed by atoms with E-state index in [1.165, 1.54) is 7.11 Å². The molecule has 0 aliphatic rings. The van der Waals surface area contributed by atoms with Gasteiger partial charge in [-0.1, -0.05) is 36.4 Å². The molecule has 0 saturated heterocycles. The van der Waals surface area contributed by atoms with Gasteiger partial charge in [0.1, 0.15) is 5.75 Å². The first kappa shape index (κ1) is 18.5. The normalized spacial score (nSPS) is 11.5. The van der Waals surface area contributed by atoms with Crippen molar-refractivity contribution in [1.82, 2.24) is 5.32 Å². The molecule has 0 spiro atoms. The zero-order valence-electron chi connectivity index (χ0n) is 14.7. The summed E-state index contributed by atoms with van der Waals surface area (Å²) in [6, 6.07) is 14.6. The predicted molar refractivity (Wildman–Crippen MR) is 95.4 cm³/mol. The van der Waals surface area contributed by atoms with Gasteiger partial charge >= 0.3 is 5.97 Å². The molecular formula is C20H23NO4. The molecule has 1 amide bonds. The Balaban J connectivity index is 2.13. The molecule has 0 radical (unpaired) electrons. The maximum Gasteiger partial charge on any atom is 0.307 e. The summed E-state index contributed by atoms with van der Waals surface area (Å²) in [6.07, 6.45) is 0.336. The highest BCUT2D eigenvalue weighted by molar-refractivity contribution is 5.80. The van der Waals surface area contributed by atoms with Gasteiger partial charge in [0, 0.05) is 0 Å². The van der Waals surface area contributed by atoms with Crippen molar-refractivity contribution in [3.8, 4) is 5.75 Å². The molecule has 1 N–H and O–H groups in total. The molecule has 2 aromatic carbocycles. The van der Waals surface area contributed by atoms with Gasteiger partial charge in [-0.2, -0.15) is 0 Å². The SMILES string of the molecule is COC(=O)CC(NC(=O)Cc1ccccc1C)c1ccc(OC)cc1. The van der Waals surface area contributed by atoms with Crippen LogP contribution in [0.4, 0.5) is 0 Å². The topological polar surface area (TPSA) is 64.6 Å². The zero-order valence-corrected chi connectivity index (χ0v) is 14.7. The Kier molecular flexibility index (Phi) is 6.57. The molecule has 1 atom stereocenters. The zero-order chi connectivity index (χ0) is 18.2.